The van der Waals surface area contributed by atoms with Crippen LogP contribution in [0.5, 0.6) is 17.2 Å². The number of amides is 2. The summed E-state index contributed by atoms with van der Waals surface area (Å²) in [7, 11) is 3.06. The van der Waals surface area contributed by atoms with Crippen LogP contribution in [-0.4, -0.2) is 32.6 Å². The zero-order valence-electron chi connectivity index (χ0n) is 14.3. The maximum absolute atomic E-state index is 11.9. The van der Waals surface area contributed by atoms with Gasteiger partial charge in [-0.3, -0.25) is 20.4 Å². The molecule has 132 valence electrons. The van der Waals surface area contributed by atoms with E-state index in [-0.39, 0.29) is 6.61 Å². The minimum absolute atomic E-state index is 0.262. The van der Waals surface area contributed by atoms with Crippen LogP contribution in [-0.2, 0) is 4.79 Å². The molecule has 0 atom stereocenters. The van der Waals surface area contributed by atoms with Crippen LogP contribution < -0.4 is 25.1 Å². The second-order valence-electron chi connectivity index (χ2n) is 5.17. The zero-order valence-corrected chi connectivity index (χ0v) is 14.3. The first kappa shape index (κ1) is 18.1. The van der Waals surface area contributed by atoms with Crippen molar-refractivity contribution in [2.24, 2.45) is 0 Å². The summed E-state index contributed by atoms with van der Waals surface area (Å²) in [5.74, 6) is 0.689. The van der Waals surface area contributed by atoms with Gasteiger partial charge in [0.15, 0.2) is 18.1 Å². The average Bonchev–Trinajstić information content (AvgIpc) is 2.64. The van der Waals surface area contributed by atoms with Crippen molar-refractivity contribution >= 4 is 11.8 Å². The van der Waals surface area contributed by atoms with Gasteiger partial charge in [0.25, 0.3) is 11.8 Å². The molecular formula is C18H20N2O5. The fourth-order valence-electron chi connectivity index (χ4n) is 2.01. The van der Waals surface area contributed by atoms with Gasteiger partial charge in [0, 0.05) is 5.56 Å². The van der Waals surface area contributed by atoms with Crippen molar-refractivity contribution < 1.29 is 23.8 Å². The summed E-state index contributed by atoms with van der Waals surface area (Å²) in [6, 6.07) is 11.9. The third kappa shape index (κ3) is 5.13. The van der Waals surface area contributed by atoms with E-state index >= 15 is 0 Å². The van der Waals surface area contributed by atoms with E-state index in [0.717, 1.165) is 5.56 Å². The molecule has 25 heavy (non-hydrogen) atoms. The Morgan fingerprint density at radius 1 is 0.920 bits per heavy atom. The van der Waals surface area contributed by atoms with E-state index in [1.54, 1.807) is 43.5 Å². The lowest BCUT2D eigenvalue weighted by atomic mass is 10.2. The molecule has 0 aromatic heterocycles. The summed E-state index contributed by atoms with van der Waals surface area (Å²) in [6.45, 7) is 1.66. The molecule has 0 bridgehead atoms. The minimum Gasteiger partial charge on any atom is -0.497 e. The summed E-state index contributed by atoms with van der Waals surface area (Å²) in [5, 5.41) is 0. The Morgan fingerprint density at radius 2 is 1.64 bits per heavy atom. The number of hydrazine groups is 1. The SMILES string of the molecule is COc1ccc(C(=O)NNC(=O)COc2ccc(C)cc2OC)cc1. The van der Waals surface area contributed by atoms with Gasteiger partial charge in [-0.2, -0.15) is 0 Å². The van der Waals surface area contributed by atoms with Gasteiger partial charge in [0.05, 0.1) is 14.2 Å². The standard InChI is InChI=1S/C18H20N2O5/c1-12-4-9-15(16(10-12)24-3)25-11-17(21)19-20-18(22)13-5-7-14(23-2)8-6-13/h4-10H,11H2,1-3H3,(H,19,21)(H,20,22). The molecule has 0 aliphatic rings. The molecule has 2 aromatic rings. The van der Waals surface area contributed by atoms with Crippen LogP contribution in [0.3, 0.4) is 0 Å². The topological polar surface area (TPSA) is 85.9 Å². The van der Waals surface area contributed by atoms with E-state index in [1.807, 2.05) is 13.0 Å². The Bertz CT molecular complexity index is 744. The van der Waals surface area contributed by atoms with Gasteiger partial charge < -0.3 is 14.2 Å². The van der Waals surface area contributed by atoms with E-state index in [9.17, 15) is 9.59 Å². The summed E-state index contributed by atoms with van der Waals surface area (Å²) >= 11 is 0. The minimum atomic E-state index is -0.496. The van der Waals surface area contributed by atoms with Gasteiger partial charge in [0.2, 0.25) is 0 Å². The molecule has 0 fully saturated rings. The Kier molecular flexibility index (Phi) is 6.22. The lowest BCUT2D eigenvalue weighted by molar-refractivity contribution is -0.123. The molecular weight excluding hydrogens is 324 g/mol. The lowest BCUT2D eigenvalue weighted by Gasteiger charge is -2.12. The number of benzene rings is 2. The second-order valence-corrected chi connectivity index (χ2v) is 5.17. The van der Waals surface area contributed by atoms with Crippen LogP contribution in [0.25, 0.3) is 0 Å². The van der Waals surface area contributed by atoms with Gasteiger partial charge in [-0.1, -0.05) is 6.07 Å². The van der Waals surface area contributed by atoms with E-state index in [4.69, 9.17) is 14.2 Å². The molecule has 0 aliphatic heterocycles. The predicted molar refractivity (Wildman–Crippen MR) is 91.8 cm³/mol. The van der Waals surface area contributed by atoms with Crippen molar-refractivity contribution in [1.82, 2.24) is 10.9 Å². The van der Waals surface area contributed by atoms with Gasteiger partial charge in [-0.25, -0.2) is 0 Å². The second kappa shape index (κ2) is 8.58. The van der Waals surface area contributed by atoms with E-state index in [0.29, 0.717) is 22.8 Å². The van der Waals surface area contributed by atoms with Crippen LogP contribution >= 0.6 is 0 Å². The number of nitrogens with one attached hydrogen (secondary N) is 2. The highest BCUT2D eigenvalue weighted by atomic mass is 16.5. The molecule has 7 nitrogen and oxygen atoms in total. The van der Waals surface area contributed by atoms with Crippen LogP contribution in [0.2, 0.25) is 0 Å². The molecule has 2 aromatic carbocycles. The number of carbonyl (C=O) groups is 2. The van der Waals surface area contributed by atoms with Crippen LogP contribution in [0.15, 0.2) is 42.5 Å². The quantitative estimate of drug-likeness (QED) is 0.781. The molecule has 0 heterocycles. The number of methoxy groups -OCH3 is 2. The summed E-state index contributed by atoms with van der Waals surface area (Å²) in [5.41, 5.74) is 6.02. The molecule has 0 spiro atoms. The molecule has 2 rings (SSSR count). The Hall–Kier alpha value is -3.22. The zero-order chi connectivity index (χ0) is 18.2. The Morgan fingerprint density at radius 3 is 2.28 bits per heavy atom. The maximum Gasteiger partial charge on any atom is 0.276 e. The van der Waals surface area contributed by atoms with Gasteiger partial charge in [-0.15, -0.1) is 0 Å². The molecule has 0 aliphatic carbocycles. The third-order valence-corrected chi connectivity index (χ3v) is 3.35. The monoisotopic (exact) mass is 344 g/mol. The first-order valence-electron chi connectivity index (χ1n) is 7.54. The predicted octanol–water partition coefficient (Wildman–Crippen LogP) is 1.85. The van der Waals surface area contributed by atoms with E-state index < -0.39 is 11.8 Å². The number of hydrogen-bond donors (Lipinski definition) is 2. The summed E-state index contributed by atoms with van der Waals surface area (Å²) < 4.78 is 15.6. The van der Waals surface area contributed by atoms with Crippen molar-refractivity contribution in [3.8, 4) is 17.2 Å². The van der Waals surface area contributed by atoms with Crippen LogP contribution in [0.4, 0.5) is 0 Å². The third-order valence-electron chi connectivity index (χ3n) is 3.35. The molecule has 0 saturated carbocycles. The fraction of sp³-hybridized carbons (Fsp3) is 0.222. The van der Waals surface area contributed by atoms with Crippen molar-refractivity contribution in [1.29, 1.82) is 0 Å². The molecule has 0 radical (unpaired) electrons. The number of ether oxygens (including phenoxy) is 3. The van der Waals surface area contributed by atoms with E-state index in [1.165, 1.54) is 7.11 Å². The Balaban J connectivity index is 1.83. The lowest BCUT2D eigenvalue weighted by Crippen LogP contribution is -2.43. The van der Waals surface area contributed by atoms with Crippen molar-refractivity contribution in [2.75, 3.05) is 20.8 Å². The van der Waals surface area contributed by atoms with Gasteiger partial charge in [0.1, 0.15) is 5.75 Å². The Labute approximate surface area is 145 Å². The van der Waals surface area contributed by atoms with E-state index in [2.05, 4.69) is 10.9 Å². The largest absolute Gasteiger partial charge is 0.497 e. The van der Waals surface area contributed by atoms with Crippen molar-refractivity contribution in [3.05, 3.63) is 53.6 Å². The molecule has 2 amide bonds. The fourth-order valence-corrected chi connectivity index (χ4v) is 2.01. The number of hydrogen-bond acceptors (Lipinski definition) is 5. The number of carbonyl (C=O) groups excluding carboxylic acids is 2. The first-order chi connectivity index (χ1) is 12.0. The summed E-state index contributed by atoms with van der Waals surface area (Å²) in [6.07, 6.45) is 0. The molecule has 0 saturated heterocycles. The van der Waals surface area contributed by atoms with Gasteiger partial charge in [-0.05, 0) is 48.9 Å². The average molecular weight is 344 g/mol. The molecule has 0 unspecified atom stereocenters. The normalized spacial score (nSPS) is 9.88. The molecule has 2 N–H and O–H groups in total. The summed E-state index contributed by atoms with van der Waals surface area (Å²) in [4.78, 5) is 23.7. The highest BCUT2D eigenvalue weighted by Gasteiger charge is 2.10. The van der Waals surface area contributed by atoms with Crippen LogP contribution in [0.1, 0.15) is 15.9 Å². The highest BCUT2D eigenvalue weighted by Crippen LogP contribution is 2.27. The van der Waals surface area contributed by atoms with Gasteiger partial charge >= 0.3 is 0 Å². The maximum atomic E-state index is 11.9. The molecule has 7 heteroatoms. The smallest absolute Gasteiger partial charge is 0.276 e. The van der Waals surface area contributed by atoms with Crippen molar-refractivity contribution in [3.63, 3.8) is 0 Å². The van der Waals surface area contributed by atoms with Crippen molar-refractivity contribution in [2.45, 2.75) is 6.92 Å². The van der Waals surface area contributed by atoms with Crippen LogP contribution in [0, 0.1) is 6.92 Å². The highest BCUT2D eigenvalue weighted by molar-refractivity contribution is 5.95. The number of rotatable bonds is 6. The first-order valence-corrected chi connectivity index (χ1v) is 7.54. The number of aryl methyl sites for hydroxylation is 1.